The molecule has 0 heterocycles. The minimum absolute atomic E-state index is 0.201. The van der Waals surface area contributed by atoms with Crippen molar-refractivity contribution in [1.82, 2.24) is 5.32 Å². The molecule has 74 valence electrons. The van der Waals surface area contributed by atoms with E-state index in [-0.39, 0.29) is 6.10 Å². The van der Waals surface area contributed by atoms with Crippen molar-refractivity contribution in [2.24, 2.45) is 0 Å². The fourth-order valence-electron chi connectivity index (χ4n) is 0.974. The Morgan fingerprint density at radius 3 is 2.67 bits per heavy atom. The number of nitrogens with one attached hydrogen (secondary N) is 1. The standard InChI is InChI=1S/C9H21NO2/c1-4-5-6-12-9(7-10-2)8-11-3/h9-10H,4-8H2,1-3H3. The molecular weight excluding hydrogens is 154 g/mol. The van der Waals surface area contributed by atoms with Crippen LogP contribution in [0.5, 0.6) is 0 Å². The summed E-state index contributed by atoms with van der Waals surface area (Å²) in [6, 6.07) is 0. The maximum atomic E-state index is 5.58. The quantitative estimate of drug-likeness (QED) is 0.559. The molecule has 0 aromatic carbocycles. The van der Waals surface area contributed by atoms with Crippen LogP contribution in [0.3, 0.4) is 0 Å². The van der Waals surface area contributed by atoms with Crippen LogP contribution in [0.4, 0.5) is 0 Å². The highest BCUT2D eigenvalue weighted by molar-refractivity contribution is 4.58. The summed E-state index contributed by atoms with van der Waals surface area (Å²) in [6.07, 6.45) is 2.51. The Labute approximate surface area is 75.4 Å². The van der Waals surface area contributed by atoms with Gasteiger partial charge in [-0.05, 0) is 13.5 Å². The van der Waals surface area contributed by atoms with Gasteiger partial charge in [-0.15, -0.1) is 0 Å². The van der Waals surface area contributed by atoms with E-state index < -0.39 is 0 Å². The predicted molar refractivity (Wildman–Crippen MR) is 50.5 cm³/mol. The Hall–Kier alpha value is -0.120. The van der Waals surface area contributed by atoms with Crippen molar-refractivity contribution in [2.75, 3.05) is 33.9 Å². The molecule has 0 saturated heterocycles. The highest BCUT2D eigenvalue weighted by atomic mass is 16.5. The van der Waals surface area contributed by atoms with Crippen LogP contribution in [0.2, 0.25) is 0 Å². The second-order valence-corrected chi connectivity index (χ2v) is 2.86. The molecule has 0 amide bonds. The molecule has 0 bridgehead atoms. The SMILES string of the molecule is CCCCOC(CNC)COC. The Balaban J connectivity index is 3.34. The van der Waals surface area contributed by atoms with E-state index in [0.29, 0.717) is 6.61 Å². The van der Waals surface area contributed by atoms with Crippen LogP contribution in [-0.2, 0) is 9.47 Å². The fourth-order valence-corrected chi connectivity index (χ4v) is 0.974. The Morgan fingerprint density at radius 2 is 2.17 bits per heavy atom. The normalized spacial score (nSPS) is 13.2. The maximum Gasteiger partial charge on any atom is 0.0932 e. The summed E-state index contributed by atoms with van der Waals surface area (Å²) in [5.74, 6) is 0. The first-order valence-corrected chi connectivity index (χ1v) is 4.60. The summed E-state index contributed by atoms with van der Waals surface area (Å²) in [5, 5.41) is 3.07. The van der Waals surface area contributed by atoms with E-state index in [1.54, 1.807) is 7.11 Å². The van der Waals surface area contributed by atoms with Gasteiger partial charge in [0.1, 0.15) is 0 Å². The first-order valence-electron chi connectivity index (χ1n) is 4.60. The lowest BCUT2D eigenvalue weighted by Crippen LogP contribution is -2.30. The first-order chi connectivity index (χ1) is 5.85. The van der Waals surface area contributed by atoms with Crippen molar-refractivity contribution >= 4 is 0 Å². The molecular formula is C9H21NO2. The zero-order valence-corrected chi connectivity index (χ0v) is 8.43. The molecule has 1 atom stereocenters. The summed E-state index contributed by atoms with van der Waals surface area (Å²) in [5.41, 5.74) is 0. The van der Waals surface area contributed by atoms with Crippen molar-refractivity contribution in [3.05, 3.63) is 0 Å². The van der Waals surface area contributed by atoms with Gasteiger partial charge >= 0.3 is 0 Å². The lowest BCUT2D eigenvalue weighted by Gasteiger charge is -2.16. The van der Waals surface area contributed by atoms with E-state index in [1.807, 2.05) is 7.05 Å². The lowest BCUT2D eigenvalue weighted by atomic mass is 10.3. The van der Waals surface area contributed by atoms with Gasteiger partial charge in [-0.3, -0.25) is 0 Å². The van der Waals surface area contributed by atoms with E-state index >= 15 is 0 Å². The van der Waals surface area contributed by atoms with Crippen molar-refractivity contribution in [3.63, 3.8) is 0 Å². The second kappa shape index (κ2) is 8.97. The van der Waals surface area contributed by atoms with Crippen LogP contribution >= 0.6 is 0 Å². The summed E-state index contributed by atoms with van der Waals surface area (Å²) in [6.45, 7) is 4.53. The number of hydrogen-bond acceptors (Lipinski definition) is 3. The van der Waals surface area contributed by atoms with Gasteiger partial charge < -0.3 is 14.8 Å². The van der Waals surface area contributed by atoms with E-state index in [2.05, 4.69) is 12.2 Å². The van der Waals surface area contributed by atoms with Crippen molar-refractivity contribution < 1.29 is 9.47 Å². The molecule has 12 heavy (non-hydrogen) atoms. The van der Waals surface area contributed by atoms with Gasteiger partial charge in [0.05, 0.1) is 12.7 Å². The minimum Gasteiger partial charge on any atom is -0.382 e. The summed E-state index contributed by atoms with van der Waals surface area (Å²) >= 11 is 0. The minimum atomic E-state index is 0.201. The average Bonchev–Trinajstić information content (AvgIpc) is 2.06. The van der Waals surface area contributed by atoms with Crippen LogP contribution in [-0.4, -0.2) is 40.0 Å². The Morgan fingerprint density at radius 1 is 1.42 bits per heavy atom. The third-order valence-corrected chi connectivity index (χ3v) is 1.64. The monoisotopic (exact) mass is 175 g/mol. The van der Waals surface area contributed by atoms with Crippen LogP contribution in [0.1, 0.15) is 19.8 Å². The van der Waals surface area contributed by atoms with Gasteiger partial charge in [0.2, 0.25) is 0 Å². The smallest absolute Gasteiger partial charge is 0.0932 e. The van der Waals surface area contributed by atoms with Crippen LogP contribution in [0.15, 0.2) is 0 Å². The van der Waals surface area contributed by atoms with E-state index in [9.17, 15) is 0 Å². The molecule has 0 saturated carbocycles. The fraction of sp³-hybridized carbons (Fsp3) is 1.00. The third-order valence-electron chi connectivity index (χ3n) is 1.64. The van der Waals surface area contributed by atoms with E-state index in [0.717, 1.165) is 19.6 Å². The average molecular weight is 175 g/mol. The maximum absolute atomic E-state index is 5.58. The van der Waals surface area contributed by atoms with Gasteiger partial charge in [0.15, 0.2) is 0 Å². The molecule has 0 spiro atoms. The number of rotatable bonds is 8. The molecule has 0 radical (unpaired) electrons. The number of ether oxygens (including phenoxy) is 2. The summed E-state index contributed by atoms with van der Waals surface area (Å²) < 4.78 is 10.6. The van der Waals surface area contributed by atoms with Gasteiger partial charge in [0, 0.05) is 20.3 Å². The molecule has 0 aromatic heterocycles. The number of methoxy groups -OCH3 is 1. The Kier molecular flexibility index (Phi) is 8.88. The predicted octanol–water partition coefficient (Wildman–Crippen LogP) is 1.04. The van der Waals surface area contributed by atoms with Crippen molar-refractivity contribution in [3.8, 4) is 0 Å². The number of likely N-dealkylation sites (N-methyl/N-ethyl adjacent to an activating group) is 1. The van der Waals surface area contributed by atoms with Crippen LogP contribution in [0.25, 0.3) is 0 Å². The second-order valence-electron chi connectivity index (χ2n) is 2.86. The van der Waals surface area contributed by atoms with Crippen molar-refractivity contribution in [1.29, 1.82) is 0 Å². The van der Waals surface area contributed by atoms with Gasteiger partial charge in [-0.1, -0.05) is 13.3 Å². The zero-order chi connectivity index (χ0) is 9.23. The molecule has 0 aliphatic carbocycles. The number of hydrogen-bond donors (Lipinski definition) is 1. The topological polar surface area (TPSA) is 30.5 Å². The van der Waals surface area contributed by atoms with Gasteiger partial charge in [-0.2, -0.15) is 0 Å². The molecule has 0 aliphatic heterocycles. The highest BCUT2D eigenvalue weighted by Crippen LogP contribution is 1.95. The third kappa shape index (κ3) is 6.58. The van der Waals surface area contributed by atoms with Crippen LogP contribution < -0.4 is 5.32 Å². The lowest BCUT2D eigenvalue weighted by molar-refractivity contribution is -0.00104. The van der Waals surface area contributed by atoms with Crippen LogP contribution in [0, 0.1) is 0 Å². The largest absolute Gasteiger partial charge is 0.382 e. The summed E-state index contributed by atoms with van der Waals surface area (Å²) in [4.78, 5) is 0. The molecule has 1 N–H and O–H groups in total. The molecule has 3 heteroatoms. The molecule has 0 aromatic rings. The van der Waals surface area contributed by atoms with Gasteiger partial charge in [0.25, 0.3) is 0 Å². The Bertz CT molecular complexity index is 82.6. The zero-order valence-electron chi connectivity index (χ0n) is 8.43. The van der Waals surface area contributed by atoms with E-state index in [1.165, 1.54) is 6.42 Å². The molecule has 3 nitrogen and oxygen atoms in total. The van der Waals surface area contributed by atoms with Gasteiger partial charge in [-0.25, -0.2) is 0 Å². The molecule has 1 unspecified atom stereocenters. The molecule has 0 fully saturated rings. The van der Waals surface area contributed by atoms with E-state index in [4.69, 9.17) is 9.47 Å². The summed E-state index contributed by atoms with van der Waals surface area (Å²) in [7, 11) is 3.62. The first kappa shape index (κ1) is 11.9. The molecule has 0 aliphatic rings. The number of unbranched alkanes of at least 4 members (excludes halogenated alkanes) is 1. The molecule has 0 rings (SSSR count). The highest BCUT2D eigenvalue weighted by Gasteiger charge is 2.05. The van der Waals surface area contributed by atoms with Crippen molar-refractivity contribution in [2.45, 2.75) is 25.9 Å².